The van der Waals surface area contributed by atoms with Crippen LogP contribution in [-0.2, 0) is 0 Å². The van der Waals surface area contributed by atoms with Gasteiger partial charge in [0, 0.05) is 36.7 Å². The van der Waals surface area contributed by atoms with Crippen molar-refractivity contribution in [2.75, 3.05) is 24.5 Å². The molecule has 0 aromatic heterocycles. The maximum absolute atomic E-state index is 3.57. The average molecular weight is 270 g/mol. The molecule has 0 aliphatic carbocycles. The van der Waals surface area contributed by atoms with Crippen LogP contribution in [0.3, 0.4) is 0 Å². The molecular weight excluding hydrogens is 244 g/mol. The van der Waals surface area contributed by atoms with E-state index in [1.54, 1.807) is 0 Å². The number of nitrogens with one attached hydrogen (secondary N) is 1. The molecule has 0 saturated carbocycles. The van der Waals surface area contributed by atoms with E-state index in [0.717, 1.165) is 19.6 Å². The van der Waals surface area contributed by atoms with Crippen molar-refractivity contribution in [1.82, 2.24) is 5.32 Å². The number of nitrogens with zero attached hydrogens (tertiary/aromatic N) is 1. The summed E-state index contributed by atoms with van der Waals surface area (Å²) in [6, 6.07) is 15.8. The molecular formula is C18H26N2. The van der Waals surface area contributed by atoms with Crippen LogP contribution in [0.25, 0.3) is 10.8 Å². The van der Waals surface area contributed by atoms with Crippen molar-refractivity contribution in [3.8, 4) is 0 Å². The highest BCUT2D eigenvalue weighted by atomic mass is 15.1. The largest absolute Gasteiger partial charge is 0.370 e. The molecule has 0 bridgehead atoms. The van der Waals surface area contributed by atoms with Gasteiger partial charge in [-0.3, -0.25) is 0 Å². The Bertz CT molecular complexity index is 530. The molecule has 0 saturated heterocycles. The zero-order valence-electron chi connectivity index (χ0n) is 12.9. The van der Waals surface area contributed by atoms with Crippen molar-refractivity contribution in [2.24, 2.45) is 0 Å². The summed E-state index contributed by atoms with van der Waals surface area (Å²) >= 11 is 0. The number of hydrogen-bond acceptors (Lipinski definition) is 2. The first-order valence-electron chi connectivity index (χ1n) is 7.72. The number of anilines is 1. The summed E-state index contributed by atoms with van der Waals surface area (Å²) < 4.78 is 0. The lowest BCUT2D eigenvalue weighted by Gasteiger charge is -2.25. The van der Waals surface area contributed by atoms with Gasteiger partial charge in [-0.2, -0.15) is 0 Å². The number of fused-ring (bicyclic) bond motifs is 1. The maximum atomic E-state index is 3.57. The molecule has 1 unspecified atom stereocenters. The molecule has 2 nitrogen and oxygen atoms in total. The van der Waals surface area contributed by atoms with Crippen LogP contribution in [0.15, 0.2) is 42.5 Å². The fourth-order valence-electron chi connectivity index (χ4n) is 2.52. The molecule has 1 N–H and O–H groups in total. The third-order valence-corrected chi connectivity index (χ3v) is 3.98. The highest BCUT2D eigenvalue weighted by molar-refractivity contribution is 5.94. The summed E-state index contributed by atoms with van der Waals surface area (Å²) in [6.07, 6.45) is 1.18. The normalized spacial score (nSPS) is 12.6. The lowest BCUT2D eigenvalue weighted by Crippen LogP contribution is -2.35. The van der Waals surface area contributed by atoms with E-state index in [4.69, 9.17) is 0 Å². The molecule has 0 aliphatic heterocycles. The summed E-state index contributed by atoms with van der Waals surface area (Å²) in [4.78, 5) is 2.46. The Hall–Kier alpha value is -1.54. The highest BCUT2D eigenvalue weighted by Gasteiger charge is 2.08. The van der Waals surface area contributed by atoms with Crippen LogP contribution in [0, 0.1) is 0 Å². The summed E-state index contributed by atoms with van der Waals surface area (Å²) in [5, 5.41) is 6.24. The molecule has 2 heteroatoms. The van der Waals surface area contributed by atoms with Gasteiger partial charge in [0.25, 0.3) is 0 Å². The number of likely N-dealkylation sites (N-methyl/N-ethyl adjacent to an activating group) is 1. The monoisotopic (exact) mass is 270 g/mol. The molecule has 2 aromatic carbocycles. The predicted octanol–water partition coefficient (Wildman–Crippen LogP) is 4.05. The van der Waals surface area contributed by atoms with Crippen molar-refractivity contribution >= 4 is 16.5 Å². The fraction of sp³-hybridized carbons (Fsp3) is 0.444. The number of hydrogen-bond donors (Lipinski definition) is 1. The van der Waals surface area contributed by atoms with E-state index >= 15 is 0 Å². The summed E-state index contributed by atoms with van der Waals surface area (Å²) in [6.45, 7) is 9.82. The third kappa shape index (κ3) is 3.51. The van der Waals surface area contributed by atoms with Gasteiger partial charge in [0.1, 0.15) is 0 Å². The number of benzene rings is 2. The second-order valence-electron chi connectivity index (χ2n) is 5.34. The topological polar surface area (TPSA) is 15.3 Å². The van der Waals surface area contributed by atoms with E-state index in [2.05, 4.69) is 73.5 Å². The van der Waals surface area contributed by atoms with Crippen molar-refractivity contribution in [3.63, 3.8) is 0 Å². The molecule has 1 atom stereocenters. The first kappa shape index (κ1) is 14.9. The Kier molecular flexibility index (Phi) is 5.42. The van der Waals surface area contributed by atoms with Gasteiger partial charge >= 0.3 is 0 Å². The molecule has 0 aliphatic rings. The molecule has 108 valence electrons. The van der Waals surface area contributed by atoms with Gasteiger partial charge in [-0.15, -0.1) is 0 Å². The summed E-state index contributed by atoms with van der Waals surface area (Å²) in [5.41, 5.74) is 1.34. The summed E-state index contributed by atoms with van der Waals surface area (Å²) in [5.74, 6) is 0. The van der Waals surface area contributed by atoms with E-state index < -0.39 is 0 Å². The van der Waals surface area contributed by atoms with Gasteiger partial charge in [-0.25, -0.2) is 0 Å². The van der Waals surface area contributed by atoms with Crippen LogP contribution in [-0.4, -0.2) is 25.7 Å². The molecule has 2 aromatic rings. The van der Waals surface area contributed by atoms with Crippen molar-refractivity contribution < 1.29 is 0 Å². The maximum Gasteiger partial charge on any atom is 0.0446 e. The minimum atomic E-state index is 0.598. The van der Waals surface area contributed by atoms with Crippen molar-refractivity contribution in [1.29, 1.82) is 0 Å². The molecule has 0 spiro atoms. The molecule has 2 rings (SSSR count). The van der Waals surface area contributed by atoms with E-state index in [9.17, 15) is 0 Å². The van der Waals surface area contributed by atoms with Crippen LogP contribution in [0.1, 0.15) is 27.2 Å². The number of rotatable bonds is 7. The fourth-order valence-corrected chi connectivity index (χ4v) is 2.52. The van der Waals surface area contributed by atoms with E-state index in [-0.39, 0.29) is 0 Å². The third-order valence-electron chi connectivity index (χ3n) is 3.98. The standard InChI is InChI=1S/C18H26N2/c1-4-15(3)19-13-14-20(5-2)18-12-8-10-16-9-6-7-11-17(16)18/h6-12,15,19H,4-5,13-14H2,1-3H3. The molecule has 0 fully saturated rings. The molecule has 0 heterocycles. The second-order valence-corrected chi connectivity index (χ2v) is 5.34. The first-order valence-corrected chi connectivity index (χ1v) is 7.72. The summed E-state index contributed by atoms with van der Waals surface area (Å²) in [7, 11) is 0. The highest BCUT2D eigenvalue weighted by Crippen LogP contribution is 2.26. The van der Waals surface area contributed by atoms with E-state index in [1.807, 2.05) is 0 Å². The van der Waals surface area contributed by atoms with Crippen LogP contribution >= 0.6 is 0 Å². The Morgan fingerprint density at radius 2 is 1.80 bits per heavy atom. The van der Waals surface area contributed by atoms with Gasteiger partial charge in [0.2, 0.25) is 0 Å². The van der Waals surface area contributed by atoms with Crippen molar-refractivity contribution in [3.05, 3.63) is 42.5 Å². The lowest BCUT2D eigenvalue weighted by atomic mass is 10.1. The van der Waals surface area contributed by atoms with Crippen LogP contribution in [0.4, 0.5) is 5.69 Å². The van der Waals surface area contributed by atoms with Gasteiger partial charge < -0.3 is 10.2 Å². The Labute approximate surface area is 122 Å². The molecule has 20 heavy (non-hydrogen) atoms. The zero-order valence-corrected chi connectivity index (χ0v) is 12.9. The zero-order chi connectivity index (χ0) is 14.4. The second kappa shape index (κ2) is 7.30. The minimum absolute atomic E-state index is 0.598. The van der Waals surface area contributed by atoms with Gasteiger partial charge in [-0.1, -0.05) is 43.3 Å². The lowest BCUT2D eigenvalue weighted by molar-refractivity contribution is 0.534. The quantitative estimate of drug-likeness (QED) is 0.816. The predicted molar refractivity (Wildman–Crippen MR) is 89.6 cm³/mol. The van der Waals surface area contributed by atoms with Gasteiger partial charge in [0.05, 0.1) is 0 Å². The van der Waals surface area contributed by atoms with Crippen molar-refractivity contribution in [2.45, 2.75) is 33.2 Å². The first-order chi connectivity index (χ1) is 9.76. The van der Waals surface area contributed by atoms with Crippen LogP contribution in [0.2, 0.25) is 0 Å². The average Bonchev–Trinajstić information content (AvgIpc) is 2.51. The van der Waals surface area contributed by atoms with E-state index in [0.29, 0.717) is 6.04 Å². The van der Waals surface area contributed by atoms with E-state index in [1.165, 1.54) is 22.9 Å². The molecule has 0 amide bonds. The Morgan fingerprint density at radius 3 is 2.55 bits per heavy atom. The van der Waals surface area contributed by atoms with Gasteiger partial charge in [-0.05, 0) is 31.7 Å². The minimum Gasteiger partial charge on any atom is -0.370 e. The Morgan fingerprint density at radius 1 is 1.05 bits per heavy atom. The van der Waals surface area contributed by atoms with Gasteiger partial charge in [0.15, 0.2) is 0 Å². The Balaban J connectivity index is 2.13. The SMILES string of the molecule is CCC(C)NCCN(CC)c1cccc2ccccc12. The molecule has 0 radical (unpaired) electrons. The van der Waals surface area contributed by atoms with Crippen LogP contribution in [0.5, 0.6) is 0 Å². The smallest absolute Gasteiger partial charge is 0.0446 e. The van der Waals surface area contributed by atoms with Crippen LogP contribution < -0.4 is 10.2 Å².